The third-order valence-electron chi connectivity index (χ3n) is 3.74. The predicted octanol–water partition coefficient (Wildman–Crippen LogP) is 2.99. The van der Waals surface area contributed by atoms with Crippen LogP contribution in [0.25, 0.3) is 0 Å². The summed E-state index contributed by atoms with van der Waals surface area (Å²) in [5, 5.41) is 0. The molecular weight excluding hydrogens is 258 g/mol. The van der Waals surface area contributed by atoms with Gasteiger partial charge in [0.2, 0.25) is 0 Å². The van der Waals surface area contributed by atoms with Gasteiger partial charge in [0.1, 0.15) is 0 Å². The van der Waals surface area contributed by atoms with Crippen LogP contribution in [0.1, 0.15) is 32.8 Å². The van der Waals surface area contributed by atoms with Gasteiger partial charge in [0.15, 0.2) is 0 Å². The molecule has 0 spiro atoms. The normalized spacial score (nSPS) is 13.0. The van der Waals surface area contributed by atoms with Crippen LogP contribution in [-0.2, 0) is 6.42 Å². The van der Waals surface area contributed by atoms with Crippen molar-refractivity contribution in [2.45, 2.75) is 39.7 Å². The minimum absolute atomic E-state index is 0.251. The number of hydrogen-bond donors (Lipinski definition) is 1. The standard InChI is InChI=1S/C18H33N3/c1-6-17(19)13-16-9-7-8-10-18(16)21(14-15(2)3)12-11-20(4)5/h7-10,15,17H,6,11-14,19H2,1-5H3. The minimum atomic E-state index is 0.251. The van der Waals surface area contributed by atoms with Gasteiger partial charge in [-0.15, -0.1) is 0 Å². The van der Waals surface area contributed by atoms with E-state index in [9.17, 15) is 0 Å². The van der Waals surface area contributed by atoms with Crippen LogP contribution < -0.4 is 10.6 Å². The number of rotatable bonds is 9. The quantitative estimate of drug-likeness (QED) is 0.759. The summed E-state index contributed by atoms with van der Waals surface area (Å²) in [4.78, 5) is 4.76. The largest absolute Gasteiger partial charge is 0.370 e. The molecule has 1 aromatic rings. The van der Waals surface area contributed by atoms with Gasteiger partial charge in [0, 0.05) is 31.4 Å². The smallest absolute Gasteiger partial charge is 0.0399 e. The van der Waals surface area contributed by atoms with Crippen LogP contribution in [0.3, 0.4) is 0 Å². The molecule has 3 nitrogen and oxygen atoms in total. The van der Waals surface area contributed by atoms with Gasteiger partial charge in [-0.05, 0) is 44.5 Å². The second kappa shape index (κ2) is 9.06. The van der Waals surface area contributed by atoms with Gasteiger partial charge in [-0.2, -0.15) is 0 Å². The number of anilines is 1. The molecule has 0 saturated carbocycles. The number of hydrogen-bond acceptors (Lipinski definition) is 3. The molecule has 0 radical (unpaired) electrons. The molecule has 0 aliphatic carbocycles. The molecule has 3 heteroatoms. The van der Waals surface area contributed by atoms with Crippen molar-refractivity contribution in [2.24, 2.45) is 11.7 Å². The molecule has 0 amide bonds. The summed E-state index contributed by atoms with van der Waals surface area (Å²) in [7, 11) is 4.26. The second-order valence-corrected chi connectivity index (χ2v) is 6.64. The number of nitrogens with two attached hydrogens (primary N) is 1. The molecule has 0 saturated heterocycles. The van der Waals surface area contributed by atoms with Gasteiger partial charge < -0.3 is 15.5 Å². The lowest BCUT2D eigenvalue weighted by molar-refractivity contribution is 0.408. The van der Waals surface area contributed by atoms with E-state index in [1.54, 1.807) is 0 Å². The highest BCUT2D eigenvalue weighted by Crippen LogP contribution is 2.23. The molecule has 1 atom stereocenters. The summed E-state index contributed by atoms with van der Waals surface area (Å²) in [6.07, 6.45) is 1.99. The Morgan fingerprint density at radius 1 is 1.10 bits per heavy atom. The first-order valence-electron chi connectivity index (χ1n) is 8.17. The van der Waals surface area contributed by atoms with Crippen molar-refractivity contribution in [3.05, 3.63) is 29.8 Å². The fourth-order valence-electron chi connectivity index (χ4n) is 2.49. The van der Waals surface area contributed by atoms with Gasteiger partial charge in [0.05, 0.1) is 0 Å². The Bertz CT molecular complexity index is 401. The van der Waals surface area contributed by atoms with Crippen LogP contribution in [0.15, 0.2) is 24.3 Å². The molecule has 0 fully saturated rings. The summed E-state index contributed by atoms with van der Waals surface area (Å²) in [5.41, 5.74) is 8.91. The fraction of sp³-hybridized carbons (Fsp3) is 0.667. The summed E-state index contributed by atoms with van der Waals surface area (Å²) < 4.78 is 0. The predicted molar refractivity (Wildman–Crippen MR) is 94.0 cm³/mol. The van der Waals surface area contributed by atoms with Crippen molar-refractivity contribution in [3.8, 4) is 0 Å². The van der Waals surface area contributed by atoms with Crippen molar-refractivity contribution >= 4 is 5.69 Å². The number of nitrogens with zero attached hydrogens (tertiary/aromatic N) is 2. The second-order valence-electron chi connectivity index (χ2n) is 6.64. The number of benzene rings is 1. The molecule has 1 aromatic carbocycles. The summed E-state index contributed by atoms with van der Waals surface area (Å²) in [5.74, 6) is 0.653. The molecule has 0 aromatic heterocycles. The van der Waals surface area contributed by atoms with Crippen LogP contribution in [0.2, 0.25) is 0 Å². The Balaban J connectivity index is 2.94. The van der Waals surface area contributed by atoms with Gasteiger partial charge in [0.25, 0.3) is 0 Å². The molecule has 2 N–H and O–H groups in total. The highest BCUT2D eigenvalue weighted by atomic mass is 15.2. The molecule has 0 aliphatic heterocycles. The maximum atomic E-state index is 6.17. The summed E-state index contributed by atoms with van der Waals surface area (Å²) >= 11 is 0. The zero-order valence-corrected chi connectivity index (χ0v) is 14.5. The molecule has 0 bridgehead atoms. The molecule has 120 valence electrons. The molecule has 1 unspecified atom stereocenters. The Hall–Kier alpha value is -1.06. The van der Waals surface area contributed by atoms with Crippen molar-refractivity contribution in [3.63, 3.8) is 0 Å². The minimum Gasteiger partial charge on any atom is -0.370 e. The fourth-order valence-corrected chi connectivity index (χ4v) is 2.49. The zero-order valence-electron chi connectivity index (χ0n) is 14.5. The van der Waals surface area contributed by atoms with E-state index in [1.807, 2.05) is 0 Å². The Morgan fingerprint density at radius 2 is 1.76 bits per heavy atom. The SMILES string of the molecule is CCC(N)Cc1ccccc1N(CCN(C)C)CC(C)C. The maximum absolute atomic E-state index is 6.17. The molecule has 21 heavy (non-hydrogen) atoms. The van der Waals surface area contributed by atoms with Crippen molar-refractivity contribution < 1.29 is 0 Å². The number of para-hydroxylation sites is 1. The van der Waals surface area contributed by atoms with Gasteiger partial charge in [-0.3, -0.25) is 0 Å². The van der Waals surface area contributed by atoms with Crippen LogP contribution in [0, 0.1) is 5.92 Å². The lowest BCUT2D eigenvalue weighted by atomic mass is 10.0. The van der Waals surface area contributed by atoms with E-state index < -0.39 is 0 Å². The lowest BCUT2D eigenvalue weighted by Crippen LogP contribution is -2.35. The first-order valence-corrected chi connectivity index (χ1v) is 8.17. The van der Waals surface area contributed by atoms with Gasteiger partial charge in [-0.25, -0.2) is 0 Å². The highest BCUT2D eigenvalue weighted by Gasteiger charge is 2.14. The van der Waals surface area contributed by atoms with Crippen molar-refractivity contribution in [2.75, 3.05) is 38.6 Å². The molecule has 1 rings (SSSR count). The van der Waals surface area contributed by atoms with E-state index in [-0.39, 0.29) is 6.04 Å². The van der Waals surface area contributed by atoms with Crippen LogP contribution >= 0.6 is 0 Å². The Kier molecular flexibility index (Phi) is 7.76. The monoisotopic (exact) mass is 291 g/mol. The molecule has 0 heterocycles. The van der Waals surface area contributed by atoms with E-state index in [0.29, 0.717) is 5.92 Å². The third-order valence-corrected chi connectivity index (χ3v) is 3.74. The Labute approximate surface area is 131 Å². The summed E-state index contributed by atoms with van der Waals surface area (Å²) in [6.45, 7) is 9.94. The zero-order chi connectivity index (χ0) is 15.8. The Morgan fingerprint density at radius 3 is 2.33 bits per heavy atom. The molecular formula is C18H33N3. The lowest BCUT2D eigenvalue weighted by Gasteiger charge is -2.30. The van der Waals surface area contributed by atoms with E-state index >= 15 is 0 Å². The average Bonchev–Trinajstić information content (AvgIpc) is 2.43. The van der Waals surface area contributed by atoms with Gasteiger partial charge in [-0.1, -0.05) is 39.0 Å². The van der Waals surface area contributed by atoms with Crippen LogP contribution in [0.4, 0.5) is 5.69 Å². The third kappa shape index (κ3) is 6.49. The van der Waals surface area contributed by atoms with E-state index in [4.69, 9.17) is 5.73 Å². The van der Waals surface area contributed by atoms with E-state index in [0.717, 1.165) is 32.5 Å². The molecule has 0 aliphatic rings. The van der Waals surface area contributed by atoms with E-state index in [1.165, 1.54) is 11.3 Å². The van der Waals surface area contributed by atoms with E-state index in [2.05, 4.69) is 68.9 Å². The van der Waals surface area contributed by atoms with Crippen molar-refractivity contribution in [1.29, 1.82) is 0 Å². The van der Waals surface area contributed by atoms with Crippen LogP contribution in [-0.4, -0.2) is 44.7 Å². The number of likely N-dealkylation sites (N-methyl/N-ethyl adjacent to an activating group) is 1. The summed E-state index contributed by atoms with van der Waals surface area (Å²) in [6, 6.07) is 8.99. The average molecular weight is 291 g/mol. The maximum Gasteiger partial charge on any atom is 0.0399 e. The first kappa shape index (κ1) is 18.0. The van der Waals surface area contributed by atoms with Gasteiger partial charge >= 0.3 is 0 Å². The topological polar surface area (TPSA) is 32.5 Å². The van der Waals surface area contributed by atoms with Crippen LogP contribution in [0.5, 0.6) is 0 Å². The first-order chi connectivity index (χ1) is 9.93. The van der Waals surface area contributed by atoms with Crippen molar-refractivity contribution in [1.82, 2.24) is 4.90 Å². The highest BCUT2D eigenvalue weighted by molar-refractivity contribution is 5.54.